The lowest BCUT2D eigenvalue weighted by molar-refractivity contribution is 0.246. The predicted octanol–water partition coefficient (Wildman–Crippen LogP) is 2.80. The van der Waals surface area contributed by atoms with Crippen molar-refractivity contribution in [3.05, 3.63) is 29.6 Å². The maximum Gasteiger partial charge on any atom is 0.319 e. The molecule has 0 radical (unpaired) electrons. The van der Waals surface area contributed by atoms with Gasteiger partial charge in [-0.1, -0.05) is 13.3 Å². The summed E-state index contributed by atoms with van der Waals surface area (Å²) in [7, 11) is 0. The van der Waals surface area contributed by atoms with E-state index >= 15 is 0 Å². The molecule has 1 atom stereocenters. The third kappa shape index (κ3) is 1.93. The van der Waals surface area contributed by atoms with E-state index in [0.29, 0.717) is 5.69 Å². The summed E-state index contributed by atoms with van der Waals surface area (Å²) in [6, 6.07) is 4.14. The molecule has 15 heavy (non-hydrogen) atoms. The van der Waals surface area contributed by atoms with Gasteiger partial charge in [0.2, 0.25) is 0 Å². The Morgan fingerprint density at radius 3 is 3.00 bits per heavy atom. The number of carbonyl (C=O) groups is 1. The normalized spacial score (nSPS) is 19.1. The monoisotopic (exact) mass is 208 g/mol. The summed E-state index contributed by atoms with van der Waals surface area (Å²) in [6.07, 6.45) is 1.77. The topological polar surface area (TPSA) is 41.1 Å². The van der Waals surface area contributed by atoms with E-state index < -0.39 is 0 Å². The van der Waals surface area contributed by atoms with Crippen LogP contribution in [0.15, 0.2) is 18.2 Å². The van der Waals surface area contributed by atoms with Crippen molar-refractivity contribution < 1.29 is 9.18 Å². The maximum absolute atomic E-state index is 13.1. The molecule has 2 amide bonds. The summed E-state index contributed by atoms with van der Waals surface area (Å²) in [6.45, 7) is 2.03. The van der Waals surface area contributed by atoms with Crippen molar-refractivity contribution >= 4 is 11.7 Å². The fraction of sp³-hybridized carbons (Fsp3) is 0.364. The minimum absolute atomic E-state index is 0.0746. The molecule has 4 heteroatoms. The highest BCUT2D eigenvalue weighted by molar-refractivity contribution is 5.92. The zero-order valence-corrected chi connectivity index (χ0v) is 8.51. The molecule has 0 aromatic heterocycles. The Kier molecular flexibility index (Phi) is 2.58. The van der Waals surface area contributed by atoms with Crippen LogP contribution < -0.4 is 10.6 Å². The van der Waals surface area contributed by atoms with Crippen LogP contribution in [0, 0.1) is 5.82 Å². The van der Waals surface area contributed by atoms with E-state index in [4.69, 9.17) is 0 Å². The molecular weight excluding hydrogens is 195 g/mol. The van der Waals surface area contributed by atoms with Gasteiger partial charge in [-0.2, -0.15) is 0 Å². The van der Waals surface area contributed by atoms with Crippen LogP contribution in [0.5, 0.6) is 0 Å². The van der Waals surface area contributed by atoms with Gasteiger partial charge in [0.25, 0.3) is 0 Å². The molecule has 0 aliphatic carbocycles. The first kappa shape index (κ1) is 9.96. The van der Waals surface area contributed by atoms with Gasteiger partial charge in [0.05, 0.1) is 6.04 Å². The van der Waals surface area contributed by atoms with Gasteiger partial charge in [-0.15, -0.1) is 0 Å². The SMILES string of the molecule is CCCC1NC(=O)Nc2ccc(F)cc21. The number of halogens is 1. The molecule has 1 aliphatic heterocycles. The second-order valence-electron chi connectivity index (χ2n) is 3.67. The lowest BCUT2D eigenvalue weighted by Crippen LogP contribution is -2.37. The number of hydrogen-bond donors (Lipinski definition) is 2. The van der Waals surface area contributed by atoms with E-state index in [9.17, 15) is 9.18 Å². The summed E-state index contributed by atoms with van der Waals surface area (Å²) in [4.78, 5) is 11.3. The number of amides is 2. The summed E-state index contributed by atoms with van der Waals surface area (Å²) in [5.41, 5.74) is 1.54. The minimum Gasteiger partial charge on any atom is -0.331 e. The summed E-state index contributed by atoms with van der Waals surface area (Å²) < 4.78 is 13.1. The Morgan fingerprint density at radius 2 is 2.27 bits per heavy atom. The van der Waals surface area contributed by atoms with Crippen LogP contribution in [0.3, 0.4) is 0 Å². The van der Waals surface area contributed by atoms with E-state index in [-0.39, 0.29) is 17.9 Å². The van der Waals surface area contributed by atoms with E-state index in [1.54, 1.807) is 6.07 Å². The van der Waals surface area contributed by atoms with Gasteiger partial charge in [0.1, 0.15) is 5.82 Å². The number of benzene rings is 1. The first-order valence-electron chi connectivity index (χ1n) is 5.07. The second-order valence-corrected chi connectivity index (χ2v) is 3.67. The predicted molar refractivity (Wildman–Crippen MR) is 56.2 cm³/mol. The molecule has 80 valence electrons. The van der Waals surface area contributed by atoms with E-state index in [2.05, 4.69) is 10.6 Å². The van der Waals surface area contributed by atoms with Crippen molar-refractivity contribution in [2.45, 2.75) is 25.8 Å². The molecule has 0 saturated carbocycles. The van der Waals surface area contributed by atoms with Crippen molar-refractivity contribution in [3.63, 3.8) is 0 Å². The zero-order chi connectivity index (χ0) is 10.8. The quantitative estimate of drug-likeness (QED) is 0.770. The number of rotatable bonds is 2. The van der Waals surface area contributed by atoms with E-state index in [1.165, 1.54) is 12.1 Å². The lowest BCUT2D eigenvalue weighted by atomic mass is 9.99. The van der Waals surface area contributed by atoms with Gasteiger partial charge in [-0.3, -0.25) is 0 Å². The van der Waals surface area contributed by atoms with Gasteiger partial charge < -0.3 is 10.6 Å². The number of anilines is 1. The number of hydrogen-bond acceptors (Lipinski definition) is 1. The van der Waals surface area contributed by atoms with Gasteiger partial charge in [-0.25, -0.2) is 9.18 Å². The van der Waals surface area contributed by atoms with Crippen LogP contribution in [0.2, 0.25) is 0 Å². The Balaban J connectivity index is 2.38. The van der Waals surface area contributed by atoms with Crippen LogP contribution in [-0.4, -0.2) is 6.03 Å². The molecule has 0 bridgehead atoms. The highest BCUT2D eigenvalue weighted by Crippen LogP contribution is 2.30. The maximum atomic E-state index is 13.1. The third-order valence-corrected chi connectivity index (χ3v) is 2.52. The fourth-order valence-corrected chi connectivity index (χ4v) is 1.85. The van der Waals surface area contributed by atoms with Crippen molar-refractivity contribution in [3.8, 4) is 0 Å². The molecule has 2 N–H and O–H groups in total. The van der Waals surface area contributed by atoms with Crippen LogP contribution in [0.25, 0.3) is 0 Å². The molecule has 0 saturated heterocycles. The molecule has 0 spiro atoms. The van der Waals surface area contributed by atoms with Crippen molar-refractivity contribution in [2.24, 2.45) is 0 Å². The van der Waals surface area contributed by atoms with Crippen LogP contribution in [-0.2, 0) is 0 Å². The Labute approximate surface area is 87.7 Å². The van der Waals surface area contributed by atoms with Crippen LogP contribution >= 0.6 is 0 Å². The second kappa shape index (κ2) is 3.88. The molecular formula is C11H13FN2O. The number of carbonyl (C=O) groups excluding carboxylic acids is 1. The molecule has 3 nitrogen and oxygen atoms in total. The van der Waals surface area contributed by atoms with Crippen molar-refractivity contribution in [1.29, 1.82) is 0 Å². The molecule has 1 heterocycles. The van der Waals surface area contributed by atoms with Crippen molar-refractivity contribution in [1.82, 2.24) is 5.32 Å². The summed E-state index contributed by atoms with van der Waals surface area (Å²) in [5.74, 6) is -0.271. The van der Waals surface area contributed by atoms with Crippen LogP contribution in [0.4, 0.5) is 14.9 Å². The minimum atomic E-state index is -0.271. The van der Waals surface area contributed by atoms with Crippen molar-refractivity contribution in [2.75, 3.05) is 5.32 Å². The summed E-state index contributed by atoms with van der Waals surface area (Å²) in [5, 5.41) is 5.44. The smallest absolute Gasteiger partial charge is 0.319 e. The number of urea groups is 1. The van der Waals surface area contributed by atoms with E-state index in [0.717, 1.165) is 18.4 Å². The highest BCUT2D eigenvalue weighted by Gasteiger charge is 2.23. The molecule has 1 aliphatic rings. The lowest BCUT2D eigenvalue weighted by Gasteiger charge is -2.27. The number of nitrogens with one attached hydrogen (secondary N) is 2. The van der Waals surface area contributed by atoms with Gasteiger partial charge >= 0.3 is 6.03 Å². The Morgan fingerprint density at radius 1 is 1.47 bits per heavy atom. The number of fused-ring (bicyclic) bond motifs is 1. The Bertz CT molecular complexity index is 392. The zero-order valence-electron chi connectivity index (χ0n) is 8.51. The molecule has 1 aromatic carbocycles. The molecule has 0 fully saturated rings. The van der Waals surface area contributed by atoms with Gasteiger partial charge in [0.15, 0.2) is 0 Å². The molecule has 1 unspecified atom stereocenters. The van der Waals surface area contributed by atoms with Crippen LogP contribution in [0.1, 0.15) is 31.4 Å². The fourth-order valence-electron chi connectivity index (χ4n) is 1.85. The average Bonchev–Trinajstić information content (AvgIpc) is 2.19. The third-order valence-electron chi connectivity index (χ3n) is 2.52. The Hall–Kier alpha value is -1.58. The first-order chi connectivity index (χ1) is 7.20. The summed E-state index contributed by atoms with van der Waals surface area (Å²) >= 11 is 0. The van der Waals surface area contributed by atoms with Gasteiger partial charge in [-0.05, 0) is 24.6 Å². The molecule has 2 rings (SSSR count). The first-order valence-corrected chi connectivity index (χ1v) is 5.07. The standard InChI is InChI=1S/C11H13FN2O/c1-2-3-9-8-6-7(12)4-5-10(8)14-11(15)13-9/h4-6,9H,2-3H2,1H3,(H2,13,14,15). The van der Waals surface area contributed by atoms with Gasteiger partial charge in [0, 0.05) is 11.3 Å². The van der Waals surface area contributed by atoms with E-state index in [1.807, 2.05) is 6.92 Å². The highest BCUT2D eigenvalue weighted by atomic mass is 19.1. The largest absolute Gasteiger partial charge is 0.331 e. The molecule has 1 aromatic rings. The average molecular weight is 208 g/mol.